The third-order valence-electron chi connectivity index (χ3n) is 12.8. The number of fused-ring (bicyclic) bond motifs is 4. The second-order valence-corrected chi connectivity index (χ2v) is 14.1. The lowest BCUT2D eigenvalue weighted by Gasteiger charge is -2.71. The number of benzene rings is 2. The highest BCUT2D eigenvalue weighted by molar-refractivity contribution is 5.60. The maximum Gasteiger partial charge on any atom is 0.231 e. The number of likely N-dealkylation sites (tertiary alicyclic amines) is 2. The molecule has 6 aliphatic heterocycles. The van der Waals surface area contributed by atoms with E-state index in [9.17, 15) is 0 Å². The molecule has 0 N–H and O–H groups in total. The van der Waals surface area contributed by atoms with Gasteiger partial charge in [-0.15, -0.1) is 0 Å². The van der Waals surface area contributed by atoms with E-state index >= 15 is 0 Å². The third-order valence-corrected chi connectivity index (χ3v) is 12.8. The molecule has 2 saturated heterocycles. The third kappa shape index (κ3) is 2.24. The summed E-state index contributed by atoms with van der Waals surface area (Å²) >= 11 is 0. The summed E-state index contributed by atoms with van der Waals surface area (Å²) in [5, 5.41) is 0. The summed E-state index contributed by atoms with van der Waals surface area (Å²) in [4.78, 5) is 5.03. The molecule has 4 aliphatic carbocycles. The van der Waals surface area contributed by atoms with Gasteiger partial charge in [0.1, 0.15) is 11.3 Å². The Morgan fingerprint density at radius 2 is 1.36 bits per heavy atom. The van der Waals surface area contributed by atoms with Crippen molar-refractivity contribution >= 4 is 0 Å². The molecule has 42 heavy (non-hydrogen) atoms. The normalized spacial score (nSPS) is 44.2. The molecule has 1 saturated carbocycles. The molecule has 8 unspecified atom stereocenters. The van der Waals surface area contributed by atoms with Crippen molar-refractivity contribution in [2.75, 3.05) is 47.3 Å². The Bertz CT molecular complexity index is 1670. The summed E-state index contributed by atoms with van der Waals surface area (Å²) < 4.78 is 38.0. The minimum absolute atomic E-state index is 0.211. The second-order valence-electron chi connectivity index (χ2n) is 14.1. The van der Waals surface area contributed by atoms with Crippen molar-refractivity contribution < 1.29 is 28.4 Å². The summed E-state index contributed by atoms with van der Waals surface area (Å²) in [5.41, 5.74) is 4.01. The predicted octanol–water partition coefficient (Wildman–Crippen LogP) is 3.71. The van der Waals surface area contributed by atoms with Gasteiger partial charge in [-0.05, 0) is 84.8 Å². The first kappa shape index (κ1) is 23.4. The van der Waals surface area contributed by atoms with Crippen LogP contribution in [-0.4, -0.2) is 68.4 Å². The van der Waals surface area contributed by atoms with Crippen molar-refractivity contribution in [3.63, 3.8) is 0 Å². The van der Waals surface area contributed by atoms with Crippen LogP contribution in [0.4, 0.5) is 0 Å². The van der Waals surface area contributed by atoms with Crippen molar-refractivity contribution in [1.29, 1.82) is 0 Å². The molecule has 2 bridgehead atoms. The predicted molar refractivity (Wildman–Crippen MR) is 151 cm³/mol. The van der Waals surface area contributed by atoms with E-state index in [-0.39, 0.29) is 36.3 Å². The van der Waals surface area contributed by atoms with E-state index in [1.165, 1.54) is 22.3 Å². The second kappa shape index (κ2) is 7.18. The van der Waals surface area contributed by atoms with Crippen molar-refractivity contribution in [3.05, 3.63) is 70.8 Å². The Morgan fingerprint density at radius 3 is 2.10 bits per heavy atom. The number of likely N-dealkylation sites (N-methyl/N-ethyl adjacent to an activating group) is 2. The minimum atomic E-state index is -0.410. The minimum Gasteiger partial charge on any atom is -0.454 e. The molecule has 0 amide bonds. The SMILES string of the molecule is CN1CC23C=CC4C(C5C=CC4C46OCc7cc8c(cc7C54CCN6C)OCO8)C2(C1)c1cc2c(cc1CO3)OCO2. The fourth-order valence-corrected chi connectivity index (χ4v) is 11.7. The molecule has 216 valence electrons. The smallest absolute Gasteiger partial charge is 0.231 e. The van der Waals surface area contributed by atoms with Crippen molar-refractivity contribution in [2.24, 2.45) is 23.7 Å². The zero-order valence-corrected chi connectivity index (χ0v) is 23.9. The molecular formula is C34H34N2O6. The van der Waals surface area contributed by atoms with Crippen molar-refractivity contribution in [1.82, 2.24) is 9.80 Å². The Hall–Kier alpha value is -3.04. The molecule has 3 fully saturated rings. The largest absolute Gasteiger partial charge is 0.454 e. The average molecular weight is 567 g/mol. The molecule has 2 aromatic carbocycles. The van der Waals surface area contributed by atoms with E-state index in [1.807, 2.05) is 0 Å². The van der Waals surface area contributed by atoms with E-state index < -0.39 is 11.3 Å². The summed E-state index contributed by atoms with van der Waals surface area (Å²) in [6.45, 7) is 4.54. The van der Waals surface area contributed by atoms with Crippen molar-refractivity contribution in [3.8, 4) is 23.0 Å². The number of nitrogens with zero attached hydrogens (tertiary/aromatic N) is 2. The van der Waals surface area contributed by atoms with E-state index in [1.54, 1.807) is 0 Å². The van der Waals surface area contributed by atoms with Crippen LogP contribution in [0.5, 0.6) is 23.0 Å². The van der Waals surface area contributed by atoms with E-state index in [4.69, 9.17) is 28.4 Å². The molecule has 0 aromatic heterocycles. The maximum absolute atomic E-state index is 7.23. The Balaban J connectivity index is 1.20. The standard InChI is InChI=1S/C34H34N2O6/c1-35-15-31-6-5-21-22-3-4-23(30(21)33(31,16-35)25-12-29-26(37-18-40-29)9-19(25)13-41-31)32-7-8-36(2)34(22,32)42-14-20-10-27-28(11-24(20)32)39-17-38-27/h3-6,9-12,21-23,30H,7-8,13-18H2,1-2H3. The van der Waals surface area contributed by atoms with Gasteiger partial charge in [0, 0.05) is 36.4 Å². The molecule has 8 nitrogen and oxygen atoms in total. The first-order chi connectivity index (χ1) is 20.5. The van der Waals surface area contributed by atoms with Crippen LogP contribution in [0.3, 0.4) is 0 Å². The van der Waals surface area contributed by atoms with Gasteiger partial charge in [-0.25, -0.2) is 0 Å². The number of hydrogen-bond acceptors (Lipinski definition) is 8. The summed E-state index contributed by atoms with van der Waals surface area (Å²) in [5.74, 6) is 4.50. The number of hydrogen-bond donors (Lipinski definition) is 0. The molecule has 0 radical (unpaired) electrons. The van der Waals surface area contributed by atoms with Crippen LogP contribution in [0.25, 0.3) is 0 Å². The van der Waals surface area contributed by atoms with Crippen LogP contribution >= 0.6 is 0 Å². The highest BCUT2D eigenvalue weighted by atomic mass is 16.7. The Labute approximate surface area is 244 Å². The summed E-state index contributed by atoms with van der Waals surface area (Å²) in [6, 6.07) is 8.99. The van der Waals surface area contributed by atoms with Crippen LogP contribution in [0.2, 0.25) is 0 Å². The first-order valence-corrected chi connectivity index (χ1v) is 15.4. The van der Waals surface area contributed by atoms with Crippen LogP contribution < -0.4 is 18.9 Å². The molecule has 10 aliphatic rings. The van der Waals surface area contributed by atoms with Gasteiger partial charge in [0.25, 0.3) is 0 Å². The lowest BCUT2D eigenvalue weighted by Crippen LogP contribution is -2.77. The first-order valence-electron chi connectivity index (χ1n) is 15.4. The lowest BCUT2D eigenvalue weighted by molar-refractivity contribution is -0.267. The maximum atomic E-state index is 7.23. The van der Waals surface area contributed by atoms with E-state index in [2.05, 4.69) is 72.5 Å². The van der Waals surface area contributed by atoms with Crippen molar-refractivity contribution in [2.45, 2.75) is 41.8 Å². The zero-order valence-electron chi connectivity index (χ0n) is 23.9. The van der Waals surface area contributed by atoms with Crippen LogP contribution in [0, 0.1) is 23.7 Å². The van der Waals surface area contributed by atoms with Crippen LogP contribution in [0.1, 0.15) is 28.7 Å². The monoisotopic (exact) mass is 566 g/mol. The average Bonchev–Trinajstić information content (AvgIpc) is 3.78. The molecule has 8 heteroatoms. The molecule has 6 heterocycles. The van der Waals surface area contributed by atoms with E-state index in [0.29, 0.717) is 25.0 Å². The molecule has 2 aromatic rings. The topological polar surface area (TPSA) is 61.9 Å². The number of allylic oxidation sites excluding steroid dienone is 2. The molecule has 12 rings (SSSR count). The van der Waals surface area contributed by atoms with Gasteiger partial charge in [0.05, 0.1) is 13.2 Å². The summed E-state index contributed by atoms with van der Waals surface area (Å²) in [7, 11) is 4.54. The lowest BCUT2D eigenvalue weighted by atomic mass is 9.37. The van der Waals surface area contributed by atoms with Crippen LogP contribution in [-0.2, 0) is 33.5 Å². The van der Waals surface area contributed by atoms with Gasteiger partial charge in [-0.1, -0.05) is 24.3 Å². The highest BCUT2D eigenvalue weighted by Gasteiger charge is 2.80. The van der Waals surface area contributed by atoms with Gasteiger partial charge in [0.2, 0.25) is 13.6 Å². The Morgan fingerprint density at radius 1 is 0.714 bits per heavy atom. The van der Waals surface area contributed by atoms with Gasteiger partial charge < -0.3 is 33.3 Å². The molecule has 0 spiro atoms. The van der Waals surface area contributed by atoms with Gasteiger partial charge in [-0.3, -0.25) is 4.90 Å². The Kier molecular flexibility index (Phi) is 4.01. The van der Waals surface area contributed by atoms with Gasteiger partial charge >= 0.3 is 0 Å². The van der Waals surface area contributed by atoms with Crippen LogP contribution in [0.15, 0.2) is 48.6 Å². The van der Waals surface area contributed by atoms with Gasteiger partial charge in [-0.2, -0.15) is 0 Å². The number of rotatable bonds is 0. The quantitative estimate of drug-likeness (QED) is 0.448. The fourth-order valence-electron chi connectivity index (χ4n) is 11.7. The summed E-state index contributed by atoms with van der Waals surface area (Å²) in [6.07, 6.45) is 11.1. The number of ether oxygens (including phenoxy) is 6. The highest BCUT2D eigenvalue weighted by Crippen LogP contribution is 2.75. The van der Waals surface area contributed by atoms with Gasteiger partial charge in [0.15, 0.2) is 23.0 Å². The van der Waals surface area contributed by atoms with E-state index in [0.717, 1.165) is 49.1 Å². The fraction of sp³-hybridized carbons (Fsp3) is 0.529. The molecule has 8 atom stereocenters. The molecular weight excluding hydrogens is 532 g/mol. The zero-order chi connectivity index (χ0) is 27.6.